The summed E-state index contributed by atoms with van der Waals surface area (Å²) in [5, 5.41) is 23.2. The van der Waals surface area contributed by atoms with Gasteiger partial charge >= 0.3 is 0 Å². The van der Waals surface area contributed by atoms with Crippen LogP contribution in [0.15, 0.2) is 96.2 Å². The van der Waals surface area contributed by atoms with Crippen molar-refractivity contribution in [2.75, 3.05) is 0 Å². The van der Waals surface area contributed by atoms with E-state index in [1.54, 1.807) is 36.5 Å². The molecule has 4 heteroatoms. The van der Waals surface area contributed by atoms with Gasteiger partial charge in [-0.1, -0.05) is 103 Å². The Morgan fingerprint density at radius 2 is 1.68 bits per heavy atom. The second-order valence-electron chi connectivity index (χ2n) is 7.63. The molecule has 0 aliphatic carbocycles. The van der Waals surface area contributed by atoms with Crippen molar-refractivity contribution in [2.24, 2.45) is 0 Å². The number of aliphatic hydroxyl groups excluding tert-OH is 2. The summed E-state index contributed by atoms with van der Waals surface area (Å²) in [6, 6.07) is 0.0292. The molecule has 3 unspecified atom stereocenters. The Morgan fingerprint density at radius 1 is 0.968 bits per heavy atom. The van der Waals surface area contributed by atoms with Crippen LogP contribution in [0.3, 0.4) is 0 Å². The smallest absolute Gasteiger partial charge is 0.244 e. The number of rotatable bonds is 4. The van der Waals surface area contributed by atoms with E-state index in [-0.39, 0.29) is 11.9 Å². The van der Waals surface area contributed by atoms with Gasteiger partial charge in [-0.05, 0) is 33.1 Å². The number of aliphatic hydroxyl groups is 2. The van der Waals surface area contributed by atoms with Gasteiger partial charge in [0.05, 0.1) is 0 Å². The normalized spacial score (nSPS) is 32.7. The first kappa shape index (κ1) is 26.3. The third-order valence-electron chi connectivity index (χ3n) is 4.58. The molecule has 1 rings (SSSR count). The van der Waals surface area contributed by atoms with Crippen LogP contribution >= 0.6 is 0 Å². The molecule has 0 fully saturated rings. The standard InChI is InChI=1S/C27H37NO3/c1-4-5-6-7-17-24-18-11-8-14-22(2)15-9-12-19-25(29)26(30)21-23(3)16-10-13-20-27(31)28-24/h6-16,19-21,24-26,29-30H,4-5,17-18H2,1-3H3,(H,28,31)/b7-6+,11-8+,15-9-,16-10-,19-12-,20-13+,22-14+,23-21+. The molecule has 0 bridgehead atoms. The molecule has 1 heterocycles. The molecule has 4 nitrogen and oxygen atoms in total. The molecular formula is C27H37NO3. The summed E-state index contributed by atoms with van der Waals surface area (Å²) in [4.78, 5) is 12.3. The van der Waals surface area contributed by atoms with Crippen LogP contribution < -0.4 is 5.32 Å². The Kier molecular flexibility index (Phi) is 13.6. The van der Waals surface area contributed by atoms with Crippen molar-refractivity contribution < 1.29 is 15.0 Å². The number of unbranched alkanes of at least 4 members (excludes halogenated alkanes) is 1. The van der Waals surface area contributed by atoms with E-state index < -0.39 is 12.2 Å². The maximum absolute atomic E-state index is 12.3. The van der Waals surface area contributed by atoms with Gasteiger partial charge < -0.3 is 15.5 Å². The van der Waals surface area contributed by atoms with E-state index in [1.807, 2.05) is 38.2 Å². The van der Waals surface area contributed by atoms with Crippen LogP contribution in [-0.2, 0) is 4.79 Å². The van der Waals surface area contributed by atoms with Crippen molar-refractivity contribution in [1.29, 1.82) is 0 Å². The number of hydrogen-bond acceptors (Lipinski definition) is 3. The van der Waals surface area contributed by atoms with E-state index in [0.717, 1.165) is 36.8 Å². The van der Waals surface area contributed by atoms with Crippen LogP contribution in [0.25, 0.3) is 0 Å². The van der Waals surface area contributed by atoms with Gasteiger partial charge in [-0.3, -0.25) is 4.79 Å². The van der Waals surface area contributed by atoms with Crippen molar-refractivity contribution in [3.05, 3.63) is 96.2 Å². The zero-order valence-corrected chi connectivity index (χ0v) is 18.9. The zero-order valence-electron chi connectivity index (χ0n) is 18.9. The molecule has 1 aliphatic rings. The first-order valence-electron chi connectivity index (χ1n) is 11.0. The zero-order chi connectivity index (χ0) is 22.9. The summed E-state index contributed by atoms with van der Waals surface area (Å²) >= 11 is 0. The molecule has 0 aromatic rings. The Labute approximate surface area is 187 Å². The average Bonchev–Trinajstić information content (AvgIpc) is 2.73. The molecule has 3 atom stereocenters. The number of carbonyl (C=O) groups is 1. The lowest BCUT2D eigenvalue weighted by Crippen LogP contribution is -2.32. The maximum Gasteiger partial charge on any atom is 0.244 e. The van der Waals surface area contributed by atoms with Gasteiger partial charge in [-0.15, -0.1) is 0 Å². The Bertz CT molecular complexity index is 778. The maximum atomic E-state index is 12.3. The molecule has 1 aliphatic heterocycles. The molecule has 0 saturated heterocycles. The third kappa shape index (κ3) is 13.3. The summed E-state index contributed by atoms with van der Waals surface area (Å²) in [6.07, 6.45) is 27.3. The molecule has 0 saturated carbocycles. The minimum absolute atomic E-state index is 0.0292. The van der Waals surface area contributed by atoms with E-state index in [2.05, 4.69) is 30.5 Å². The van der Waals surface area contributed by atoms with Gasteiger partial charge in [0.15, 0.2) is 0 Å². The first-order valence-corrected chi connectivity index (χ1v) is 11.0. The van der Waals surface area contributed by atoms with Gasteiger partial charge in [-0.2, -0.15) is 0 Å². The minimum Gasteiger partial charge on any atom is -0.386 e. The minimum atomic E-state index is -1.01. The lowest BCUT2D eigenvalue weighted by molar-refractivity contribution is -0.117. The van der Waals surface area contributed by atoms with Crippen molar-refractivity contribution in [3.63, 3.8) is 0 Å². The van der Waals surface area contributed by atoms with Gasteiger partial charge in [0.1, 0.15) is 12.2 Å². The molecular weight excluding hydrogens is 386 g/mol. The molecule has 3 N–H and O–H groups in total. The van der Waals surface area contributed by atoms with Crippen LogP contribution in [0, 0.1) is 0 Å². The van der Waals surface area contributed by atoms with Crippen molar-refractivity contribution >= 4 is 5.91 Å². The number of amides is 1. The predicted octanol–water partition coefficient (Wildman–Crippen LogP) is 5.02. The van der Waals surface area contributed by atoms with Gasteiger partial charge in [0.25, 0.3) is 0 Å². The van der Waals surface area contributed by atoms with E-state index in [9.17, 15) is 15.0 Å². The van der Waals surface area contributed by atoms with E-state index >= 15 is 0 Å². The lowest BCUT2D eigenvalue weighted by Gasteiger charge is -2.14. The summed E-state index contributed by atoms with van der Waals surface area (Å²) in [5.41, 5.74) is 1.84. The summed E-state index contributed by atoms with van der Waals surface area (Å²) < 4.78 is 0. The van der Waals surface area contributed by atoms with Crippen LogP contribution in [0.1, 0.15) is 46.5 Å². The highest BCUT2D eigenvalue weighted by molar-refractivity contribution is 5.88. The molecule has 0 radical (unpaired) electrons. The SMILES string of the molecule is CCC/C=C/CC1C/C=C/C=C(C)/C=C\C=C/C(O)C(O)/C=C(C)/C=C\C=C\C(=O)N1. The van der Waals surface area contributed by atoms with Crippen LogP contribution in [0.4, 0.5) is 0 Å². The summed E-state index contributed by atoms with van der Waals surface area (Å²) in [7, 11) is 0. The highest BCUT2D eigenvalue weighted by Gasteiger charge is 2.09. The molecule has 1 amide bonds. The largest absolute Gasteiger partial charge is 0.386 e. The Morgan fingerprint density at radius 3 is 2.45 bits per heavy atom. The number of nitrogens with one attached hydrogen (secondary N) is 1. The quantitative estimate of drug-likeness (QED) is 0.556. The van der Waals surface area contributed by atoms with Crippen LogP contribution in [-0.4, -0.2) is 34.4 Å². The topological polar surface area (TPSA) is 69.6 Å². The van der Waals surface area contributed by atoms with Gasteiger partial charge in [-0.25, -0.2) is 0 Å². The lowest BCUT2D eigenvalue weighted by atomic mass is 10.1. The number of hydrogen-bond donors (Lipinski definition) is 3. The first-order chi connectivity index (χ1) is 14.9. The van der Waals surface area contributed by atoms with E-state index in [1.165, 1.54) is 6.08 Å². The molecule has 0 aromatic heterocycles. The number of allylic oxidation sites excluding steroid dienone is 11. The highest BCUT2D eigenvalue weighted by atomic mass is 16.3. The monoisotopic (exact) mass is 423 g/mol. The molecule has 0 spiro atoms. The molecule has 168 valence electrons. The van der Waals surface area contributed by atoms with Gasteiger partial charge in [0, 0.05) is 12.1 Å². The second kappa shape index (κ2) is 16.1. The predicted molar refractivity (Wildman–Crippen MR) is 130 cm³/mol. The van der Waals surface area contributed by atoms with Crippen LogP contribution in [0.2, 0.25) is 0 Å². The van der Waals surface area contributed by atoms with E-state index in [4.69, 9.17) is 0 Å². The third-order valence-corrected chi connectivity index (χ3v) is 4.58. The van der Waals surface area contributed by atoms with E-state index in [0.29, 0.717) is 0 Å². The van der Waals surface area contributed by atoms with Crippen LogP contribution in [0.5, 0.6) is 0 Å². The van der Waals surface area contributed by atoms with Crippen molar-refractivity contribution in [3.8, 4) is 0 Å². The fourth-order valence-electron chi connectivity index (χ4n) is 2.80. The second-order valence-corrected chi connectivity index (χ2v) is 7.63. The molecule has 0 aromatic carbocycles. The summed E-state index contributed by atoms with van der Waals surface area (Å²) in [5.74, 6) is -0.141. The Balaban J connectivity index is 3.01. The fraction of sp³-hybridized carbons (Fsp3) is 0.370. The number of carbonyl (C=O) groups excluding carboxylic acids is 1. The average molecular weight is 424 g/mol. The van der Waals surface area contributed by atoms with Crippen molar-refractivity contribution in [2.45, 2.75) is 64.7 Å². The molecule has 31 heavy (non-hydrogen) atoms. The highest BCUT2D eigenvalue weighted by Crippen LogP contribution is 2.06. The Hall–Kier alpha value is -2.69. The fourth-order valence-corrected chi connectivity index (χ4v) is 2.80. The van der Waals surface area contributed by atoms with Gasteiger partial charge in [0.2, 0.25) is 5.91 Å². The summed E-state index contributed by atoms with van der Waals surface area (Å²) in [6.45, 7) is 5.96. The van der Waals surface area contributed by atoms with Crippen molar-refractivity contribution in [1.82, 2.24) is 5.32 Å².